The lowest BCUT2D eigenvalue weighted by Gasteiger charge is -1.98. The SMILES string of the molecule is O=C1OC(c2cccc([N+](=O)[O-])c2)=N/C1=C\c1coc2ccccc2c1=O. The topological polar surface area (TPSA) is 112 Å². The summed E-state index contributed by atoms with van der Waals surface area (Å²) in [5, 5.41) is 11.3. The molecule has 0 atom stereocenters. The van der Waals surface area contributed by atoms with Crippen LogP contribution < -0.4 is 5.43 Å². The van der Waals surface area contributed by atoms with Gasteiger partial charge in [0.2, 0.25) is 5.90 Å². The van der Waals surface area contributed by atoms with E-state index in [0.717, 1.165) is 0 Å². The Morgan fingerprint density at radius 3 is 2.70 bits per heavy atom. The first-order valence-electron chi connectivity index (χ1n) is 7.81. The van der Waals surface area contributed by atoms with E-state index in [0.29, 0.717) is 11.0 Å². The highest BCUT2D eigenvalue weighted by Gasteiger charge is 2.25. The fourth-order valence-corrected chi connectivity index (χ4v) is 2.62. The number of carbonyl (C=O) groups excluding carboxylic acids is 1. The molecule has 0 fully saturated rings. The van der Waals surface area contributed by atoms with E-state index in [4.69, 9.17) is 9.15 Å². The van der Waals surface area contributed by atoms with Crippen LogP contribution in [0.4, 0.5) is 5.69 Å². The van der Waals surface area contributed by atoms with Gasteiger partial charge in [-0.05, 0) is 24.3 Å². The molecule has 2 heterocycles. The van der Waals surface area contributed by atoms with Crippen molar-refractivity contribution >= 4 is 34.6 Å². The third-order valence-electron chi connectivity index (χ3n) is 3.92. The lowest BCUT2D eigenvalue weighted by atomic mass is 10.1. The Kier molecular flexibility index (Phi) is 3.85. The summed E-state index contributed by atoms with van der Waals surface area (Å²) in [7, 11) is 0. The average Bonchev–Trinajstić information content (AvgIpc) is 3.05. The number of non-ortho nitro benzene ring substituents is 1. The zero-order valence-electron chi connectivity index (χ0n) is 13.6. The molecule has 1 aromatic heterocycles. The molecule has 1 aliphatic heterocycles. The third-order valence-corrected chi connectivity index (χ3v) is 3.92. The van der Waals surface area contributed by atoms with E-state index in [1.165, 1.54) is 36.6 Å². The third kappa shape index (κ3) is 2.99. The number of ether oxygens (including phenoxy) is 1. The van der Waals surface area contributed by atoms with E-state index < -0.39 is 10.9 Å². The molecule has 0 radical (unpaired) electrons. The highest BCUT2D eigenvalue weighted by molar-refractivity contribution is 6.13. The largest absolute Gasteiger partial charge is 0.463 e. The molecule has 0 amide bonds. The number of cyclic esters (lactones) is 1. The highest BCUT2D eigenvalue weighted by atomic mass is 16.6. The van der Waals surface area contributed by atoms with Crippen LogP contribution in [0.2, 0.25) is 0 Å². The Bertz CT molecular complexity index is 1220. The molecule has 27 heavy (non-hydrogen) atoms. The van der Waals surface area contributed by atoms with Gasteiger partial charge in [0.25, 0.3) is 5.69 Å². The van der Waals surface area contributed by atoms with Gasteiger partial charge in [0, 0.05) is 17.7 Å². The Hall–Kier alpha value is -4.07. The van der Waals surface area contributed by atoms with E-state index in [2.05, 4.69) is 4.99 Å². The number of nitro benzene ring substituents is 1. The number of rotatable bonds is 3. The van der Waals surface area contributed by atoms with Crippen LogP contribution in [0.15, 0.2) is 74.7 Å². The molecule has 132 valence electrons. The molecule has 0 spiro atoms. The number of aliphatic imine (C=N–C) groups is 1. The minimum absolute atomic E-state index is 0.0693. The number of esters is 1. The van der Waals surface area contributed by atoms with Gasteiger partial charge in [-0.15, -0.1) is 0 Å². The number of carbonyl (C=O) groups is 1. The summed E-state index contributed by atoms with van der Waals surface area (Å²) in [4.78, 5) is 39.0. The average molecular weight is 362 g/mol. The lowest BCUT2D eigenvalue weighted by Crippen LogP contribution is -2.07. The number of nitrogens with zero attached hydrogens (tertiary/aromatic N) is 2. The van der Waals surface area contributed by atoms with Gasteiger partial charge in [-0.1, -0.05) is 18.2 Å². The summed E-state index contributed by atoms with van der Waals surface area (Å²) in [6.45, 7) is 0. The summed E-state index contributed by atoms with van der Waals surface area (Å²) in [5.41, 5.74) is 0.296. The van der Waals surface area contributed by atoms with Crippen molar-refractivity contribution in [1.82, 2.24) is 0 Å². The van der Waals surface area contributed by atoms with Gasteiger partial charge in [-0.3, -0.25) is 14.9 Å². The fraction of sp³-hybridized carbons (Fsp3) is 0. The van der Waals surface area contributed by atoms with E-state index in [1.54, 1.807) is 24.3 Å². The van der Waals surface area contributed by atoms with Crippen molar-refractivity contribution in [3.8, 4) is 0 Å². The number of hydrogen-bond donors (Lipinski definition) is 0. The van der Waals surface area contributed by atoms with Crippen molar-refractivity contribution in [2.45, 2.75) is 0 Å². The van der Waals surface area contributed by atoms with E-state index >= 15 is 0 Å². The van der Waals surface area contributed by atoms with E-state index in [9.17, 15) is 19.7 Å². The smallest absolute Gasteiger partial charge is 0.363 e. The summed E-state index contributed by atoms with van der Waals surface area (Å²) in [6, 6.07) is 12.3. The van der Waals surface area contributed by atoms with Crippen molar-refractivity contribution in [2.24, 2.45) is 4.99 Å². The van der Waals surface area contributed by atoms with Crippen LogP contribution in [0.5, 0.6) is 0 Å². The highest BCUT2D eigenvalue weighted by Crippen LogP contribution is 2.21. The first-order valence-corrected chi connectivity index (χ1v) is 7.81. The predicted octanol–water partition coefficient (Wildman–Crippen LogP) is 3.05. The molecule has 0 unspecified atom stereocenters. The van der Waals surface area contributed by atoms with Crippen LogP contribution in [-0.2, 0) is 9.53 Å². The van der Waals surface area contributed by atoms with Gasteiger partial charge in [0.1, 0.15) is 11.8 Å². The number of benzene rings is 2. The van der Waals surface area contributed by atoms with Crippen LogP contribution in [0.3, 0.4) is 0 Å². The lowest BCUT2D eigenvalue weighted by molar-refractivity contribution is -0.384. The molecular formula is C19H10N2O6. The molecule has 8 nitrogen and oxygen atoms in total. The van der Waals surface area contributed by atoms with Gasteiger partial charge in [-0.25, -0.2) is 9.79 Å². The number of nitro groups is 1. The standard InChI is InChI=1S/C19H10N2O6/c22-17-12(10-26-16-7-2-1-6-14(16)17)9-15-19(23)27-18(20-15)11-4-3-5-13(8-11)21(24)25/h1-10H/b15-9-. The van der Waals surface area contributed by atoms with Gasteiger partial charge in [0.05, 0.1) is 15.9 Å². The van der Waals surface area contributed by atoms with Gasteiger partial charge < -0.3 is 9.15 Å². The quantitative estimate of drug-likeness (QED) is 0.306. The van der Waals surface area contributed by atoms with Crippen molar-refractivity contribution in [1.29, 1.82) is 0 Å². The molecule has 0 aliphatic carbocycles. The second kappa shape index (κ2) is 6.34. The molecule has 2 aromatic carbocycles. The minimum Gasteiger partial charge on any atom is -0.463 e. The maximum absolute atomic E-state index is 12.5. The molecule has 0 bridgehead atoms. The zero-order valence-corrected chi connectivity index (χ0v) is 13.6. The molecule has 0 saturated carbocycles. The van der Waals surface area contributed by atoms with E-state index in [-0.39, 0.29) is 33.8 Å². The molecule has 0 saturated heterocycles. The van der Waals surface area contributed by atoms with Crippen LogP contribution in [0.25, 0.3) is 17.0 Å². The summed E-state index contributed by atoms with van der Waals surface area (Å²) in [5.74, 6) is -0.829. The maximum Gasteiger partial charge on any atom is 0.363 e. The van der Waals surface area contributed by atoms with Crippen molar-refractivity contribution in [3.63, 3.8) is 0 Å². The van der Waals surface area contributed by atoms with Crippen LogP contribution >= 0.6 is 0 Å². The molecule has 8 heteroatoms. The Labute approximate surface area is 151 Å². The van der Waals surface area contributed by atoms with Crippen molar-refractivity contribution in [3.05, 3.63) is 92.0 Å². The molecule has 1 aliphatic rings. The Morgan fingerprint density at radius 1 is 1.07 bits per heavy atom. The maximum atomic E-state index is 12.5. The van der Waals surface area contributed by atoms with Crippen LogP contribution in [-0.4, -0.2) is 16.8 Å². The fourth-order valence-electron chi connectivity index (χ4n) is 2.62. The van der Waals surface area contributed by atoms with E-state index in [1.807, 2.05) is 0 Å². The van der Waals surface area contributed by atoms with Crippen molar-refractivity contribution in [2.75, 3.05) is 0 Å². The van der Waals surface area contributed by atoms with Crippen molar-refractivity contribution < 1.29 is 18.9 Å². The van der Waals surface area contributed by atoms with Crippen LogP contribution in [0.1, 0.15) is 11.1 Å². The van der Waals surface area contributed by atoms with Gasteiger partial charge >= 0.3 is 5.97 Å². The number of para-hydroxylation sites is 1. The minimum atomic E-state index is -0.760. The molecule has 4 rings (SSSR count). The van der Waals surface area contributed by atoms with Gasteiger partial charge in [0.15, 0.2) is 11.1 Å². The number of hydrogen-bond acceptors (Lipinski definition) is 7. The molecule has 3 aromatic rings. The Balaban J connectivity index is 1.75. The first kappa shape index (κ1) is 16.4. The monoisotopic (exact) mass is 362 g/mol. The Morgan fingerprint density at radius 2 is 1.89 bits per heavy atom. The zero-order chi connectivity index (χ0) is 19.0. The summed E-state index contributed by atoms with van der Waals surface area (Å²) in [6.07, 6.45) is 2.51. The summed E-state index contributed by atoms with van der Waals surface area (Å²) >= 11 is 0. The normalized spacial score (nSPS) is 15.0. The predicted molar refractivity (Wildman–Crippen MR) is 96.2 cm³/mol. The number of fused-ring (bicyclic) bond motifs is 1. The second-order valence-electron chi connectivity index (χ2n) is 5.66. The second-order valence-corrected chi connectivity index (χ2v) is 5.66. The summed E-state index contributed by atoms with van der Waals surface area (Å²) < 4.78 is 10.5. The van der Waals surface area contributed by atoms with Gasteiger partial charge in [-0.2, -0.15) is 0 Å². The first-order chi connectivity index (χ1) is 13.0. The molecule has 0 N–H and O–H groups in total. The van der Waals surface area contributed by atoms with Crippen LogP contribution in [0, 0.1) is 10.1 Å². The molecular weight excluding hydrogens is 352 g/mol.